The number of H-pyrrole nitrogens is 1. The fourth-order valence-electron chi connectivity index (χ4n) is 2.15. The van der Waals surface area contributed by atoms with Gasteiger partial charge >= 0.3 is 0 Å². The van der Waals surface area contributed by atoms with Gasteiger partial charge in [0.25, 0.3) is 0 Å². The van der Waals surface area contributed by atoms with Gasteiger partial charge in [0.05, 0.1) is 23.0 Å². The zero-order valence-corrected chi connectivity index (χ0v) is 11.1. The molecule has 3 rings (SSSR count). The zero-order chi connectivity index (χ0) is 13.4. The number of benzene rings is 1. The van der Waals surface area contributed by atoms with Gasteiger partial charge in [0.2, 0.25) is 0 Å². The highest BCUT2D eigenvalue weighted by atomic mass is 32.2. The maximum absolute atomic E-state index is 9.93. The first-order valence-corrected chi connectivity index (χ1v) is 6.86. The average Bonchev–Trinajstić information content (AvgIpc) is 2.97. The molecule has 1 atom stereocenters. The van der Waals surface area contributed by atoms with E-state index in [0.29, 0.717) is 5.56 Å². The Morgan fingerprint density at radius 1 is 1.37 bits per heavy atom. The van der Waals surface area contributed by atoms with Crippen molar-refractivity contribution in [2.75, 3.05) is 5.75 Å². The van der Waals surface area contributed by atoms with Gasteiger partial charge in [-0.05, 0) is 19.1 Å². The molecule has 0 saturated heterocycles. The lowest BCUT2D eigenvalue weighted by Gasteiger charge is -2.09. The summed E-state index contributed by atoms with van der Waals surface area (Å²) in [4.78, 5) is 4.55. The lowest BCUT2D eigenvalue weighted by Crippen LogP contribution is -1.95. The highest BCUT2D eigenvalue weighted by Gasteiger charge is 2.23. The molecule has 3 N–H and O–H groups in total. The van der Waals surface area contributed by atoms with Crippen LogP contribution in [0.4, 0.5) is 0 Å². The molecule has 0 radical (unpaired) electrons. The zero-order valence-electron chi connectivity index (χ0n) is 10.3. The quantitative estimate of drug-likeness (QED) is 0.787. The molecule has 0 amide bonds. The summed E-state index contributed by atoms with van der Waals surface area (Å²) >= 11 is 1.72. The Bertz CT molecular complexity index is 651. The monoisotopic (exact) mass is 275 g/mol. The van der Waals surface area contributed by atoms with E-state index >= 15 is 0 Å². The number of rotatable bonds is 2. The van der Waals surface area contributed by atoms with E-state index in [1.54, 1.807) is 24.0 Å². The predicted octanol–water partition coefficient (Wildman–Crippen LogP) is 2.69. The minimum Gasteiger partial charge on any atom is -0.508 e. The van der Waals surface area contributed by atoms with Gasteiger partial charge in [-0.3, -0.25) is 10.1 Å². The number of thioether (sulfide) groups is 1. The molecule has 1 aromatic carbocycles. The molecule has 2 aromatic rings. The summed E-state index contributed by atoms with van der Waals surface area (Å²) < 4.78 is 0. The predicted molar refractivity (Wildman–Crippen MR) is 75.7 cm³/mol. The van der Waals surface area contributed by atoms with Gasteiger partial charge in [0.15, 0.2) is 0 Å². The number of aromatic nitrogens is 2. The molecule has 0 unspecified atom stereocenters. The first-order chi connectivity index (χ1) is 9.15. The third-order valence-corrected chi connectivity index (χ3v) is 4.07. The number of hydrogen-bond donors (Lipinski definition) is 3. The first-order valence-electron chi connectivity index (χ1n) is 5.88. The van der Waals surface area contributed by atoms with Gasteiger partial charge in [0, 0.05) is 22.9 Å². The Balaban J connectivity index is 2.05. The van der Waals surface area contributed by atoms with Crippen LogP contribution in [0.15, 0.2) is 29.4 Å². The topological polar surface area (TPSA) is 81.5 Å². The van der Waals surface area contributed by atoms with Crippen molar-refractivity contribution in [3.63, 3.8) is 0 Å². The standard InChI is InChI=1S/C13H13N3O2S/c1-7-15-11(6-19-7)10-5-14-16-13(10)9-3-2-8(17)4-12(9)18/h2-5,11,17-18H,6H2,1H3,(H,14,16)/t11-/m1/s1. The number of aromatic amines is 1. The summed E-state index contributed by atoms with van der Waals surface area (Å²) in [5.41, 5.74) is 2.34. The van der Waals surface area contributed by atoms with Crippen LogP contribution in [0.2, 0.25) is 0 Å². The highest BCUT2D eigenvalue weighted by Crippen LogP contribution is 2.38. The SMILES string of the molecule is CC1=N[C@@H](c2cn[nH]c2-c2ccc(O)cc2O)CS1. The van der Waals surface area contributed by atoms with E-state index in [2.05, 4.69) is 15.2 Å². The number of aromatic hydroxyl groups is 2. The minimum absolute atomic E-state index is 0.0249. The van der Waals surface area contributed by atoms with Crippen molar-refractivity contribution < 1.29 is 10.2 Å². The Labute approximate surface area is 114 Å². The number of phenolic OH excluding ortho intramolecular Hbond substituents is 2. The third-order valence-electron chi connectivity index (χ3n) is 3.07. The van der Waals surface area contributed by atoms with Crippen LogP contribution in [0.5, 0.6) is 11.5 Å². The second kappa shape index (κ2) is 4.62. The molecular weight excluding hydrogens is 262 g/mol. The number of nitrogens with one attached hydrogen (secondary N) is 1. The second-order valence-corrected chi connectivity index (χ2v) is 5.59. The van der Waals surface area contributed by atoms with Crippen molar-refractivity contribution in [3.8, 4) is 22.8 Å². The average molecular weight is 275 g/mol. The maximum Gasteiger partial charge on any atom is 0.128 e. The van der Waals surface area contributed by atoms with Crippen molar-refractivity contribution in [1.29, 1.82) is 0 Å². The van der Waals surface area contributed by atoms with Gasteiger partial charge < -0.3 is 10.2 Å². The number of hydrogen-bond acceptors (Lipinski definition) is 5. The summed E-state index contributed by atoms with van der Waals surface area (Å²) in [7, 11) is 0. The Kier molecular flexibility index (Phi) is 2.94. The van der Waals surface area contributed by atoms with Gasteiger partial charge in [-0.25, -0.2) is 0 Å². The fourth-order valence-corrected chi connectivity index (χ4v) is 3.00. The molecule has 1 aliphatic heterocycles. The first kappa shape index (κ1) is 12.1. The molecule has 0 saturated carbocycles. The molecule has 0 fully saturated rings. The number of phenols is 2. The van der Waals surface area contributed by atoms with Crippen LogP contribution in [0.25, 0.3) is 11.3 Å². The summed E-state index contributed by atoms with van der Waals surface area (Å²) in [6, 6.07) is 4.59. The third kappa shape index (κ3) is 2.19. The largest absolute Gasteiger partial charge is 0.508 e. The van der Waals surface area contributed by atoms with Crippen LogP contribution >= 0.6 is 11.8 Å². The molecule has 0 aliphatic carbocycles. The molecule has 5 nitrogen and oxygen atoms in total. The highest BCUT2D eigenvalue weighted by molar-refractivity contribution is 8.14. The van der Waals surface area contributed by atoms with Crippen LogP contribution in [0.1, 0.15) is 18.5 Å². The minimum atomic E-state index is 0.0249. The van der Waals surface area contributed by atoms with E-state index in [1.165, 1.54) is 12.1 Å². The van der Waals surface area contributed by atoms with Crippen LogP contribution in [-0.2, 0) is 0 Å². The Morgan fingerprint density at radius 2 is 2.21 bits per heavy atom. The fraction of sp³-hybridized carbons (Fsp3) is 0.231. The normalized spacial score (nSPS) is 18.6. The van der Waals surface area contributed by atoms with E-state index in [1.807, 2.05) is 6.92 Å². The summed E-state index contributed by atoms with van der Waals surface area (Å²) in [6.07, 6.45) is 1.74. The van der Waals surface area contributed by atoms with Crippen molar-refractivity contribution >= 4 is 16.8 Å². The number of aliphatic imine (C=N–C) groups is 1. The molecule has 98 valence electrons. The molecule has 2 heterocycles. The van der Waals surface area contributed by atoms with Crippen LogP contribution in [0, 0.1) is 0 Å². The molecule has 0 spiro atoms. The number of nitrogens with zero attached hydrogens (tertiary/aromatic N) is 2. The van der Waals surface area contributed by atoms with Crippen molar-refractivity contribution in [2.24, 2.45) is 4.99 Å². The Hall–Kier alpha value is -1.95. The van der Waals surface area contributed by atoms with Crippen molar-refractivity contribution in [3.05, 3.63) is 30.0 Å². The lowest BCUT2D eigenvalue weighted by atomic mass is 10.0. The smallest absolute Gasteiger partial charge is 0.128 e. The molecule has 0 bridgehead atoms. The van der Waals surface area contributed by atoms with Crippen LogP contribution in [-0.4, -0.2) is 31.2 Å². The van der Waals surface area contributed by atoms with Gasteiger partial charge in [0.1, 0.15) is 11.5 Å². The summed E-state index contributed by atoms with van der Waals surface area (Å²) in [5, 5.41) is 27.3. The van der Waals surface area contributed by atoms with Gasteiger partial charge in [-0.15, -0.1) is 11.8 Å². The van der Waals surface area contributed by atoms with E-state index in [-0.39, 0.29) is 17.5 Å². The summed E-state index contributed by atoms with van der Waals surface area (Å²) in [5.74, 6) is 0.946. The van der Waals surface area contributed by atoms with Gasteiger partial charge in [-0.1, -0.05) is 0 Å². The molecule has 1 aromatic heterocycles. The van der Waals surface area contributed by atoms with E-state index in [9.17, 15) is 10.2 Å². The van der Waals surface area contributed by atoms with Crippen LogP contribution in [0.3, 0.4) is 0 Å². The van der Waals surface area contributed by atoms with Gasteiger partial charge in [-0.2, -0.15) is 5.10 Å². The molecule has 6 heteroatoms. The van der Waals surface area contributed by atoms with Crippen LogP contribution < -0.4 is 0 Å². The molecule has 19 heavy (non-hydrogen) atoms. The second-order valence-electron chi connectivity index (χ2n) is 4.38. The molecule has 1 aliphatic rings. The Morgan fingerprint density at radius 3 is 2.89 bits per heavy atom. The molecular formula is C13H13N3O2S. The van der Waals surface area contributed by atoms with E-state index in [4.69, 9.17) is 0 Å². The maximum atomic E-state index is 9.93. The van der Waals surface area contributed by atoms with E-state index in [0.717, 1.165) is 22.1 Å². The van der Waals surface area contributed by atoms with Crippen molar-refractivity contribution in [2.45, 2.75) is 13.0 Å². The summed E-state index contributed by atoms with van der Waals surface area (Å²) in [6.45, 7) is 1.99. The van der Waals surface area contributed by atoms with Crippen molar-refractivity contribution in [1.82, 2.24) is 10.2 Å². The lowest BCUT2D eigenvalue weighted by molar-refractivity contribution is 0.451. The van der Waals surface area contributed by atoms with E-state index < -0.39 is 0 Å².